The molecule has 4 heteroatoms. The first-order chi connectivity index (χ1) is 7.69. The Morgan fingerprint density at radius 2 is 2.25 bits per heavy atom. The van der Waals surface area contributed by atoms with E-state index in [1.165, 1.54) is 12.0 Å². The van der Waals surface area contributed by atoms with Gasteiger partial charge < -0.3 is 0 Å². The molecule has 0 spiro atoms. The molecule has 0 bridgehead atoms. The molecule has 1 heterocycles. The zero-order valence-corrected chi connectivity index (χ0v) is 10.6. The van der Waals surface area contributed by atoms with Crippen LogP contribution in [0.4, 0.5) is 0 Å². The summed E-state index contributed by atoms with van der Waals surface area (Å²) >= 11 is 0. The van der Waals surface area contributed by atoms with Crippen LogP contribution in [0.2, 0.25) is 0 Å². The Balaban J connectivity index is 2.49. The van der Waals surface area contributed by atoms with Crippen molar-refractivity contribution >= 4 is 0 Å². The van der Waals surface area contributed by atoms with E-state index in [2.05, 4.69) is 37.5 Å². The van der Waals surface area contributed by atoms with Crippen molar-refractivity contribution in [2.24, 2.45) is 11.8 Å². The highest BCUT2D eigenvalue weighted by atomic mass is 15.3. The average Bonchev–Trinajstić information content (AvgIpc) is 2.75. The van der Waals surface area contributed by atoms with Crippen LogP contribution in [0.15, 0.2) is 12.4 Å². The summed E-state index contributed by atoms with van der Waals surface area (Å²) in [4.78, 5) is 0. The molecule has 0 amide bonds. The molecule has 0 aliphatic carbocycles. The predicted molar refractivity (Wildman–Crippen MR) is 66.8 cm³/mol. The van der Waals surface area contributed by atoms with E-state index in [9.17, 15) is 0 Å². The molecular formula is C12H24N4. The number of nitrogens with one attached hydrogen (secondary N) is 1. The molecule has 1 aromatic heterocycles. The number of hydrazine groups is 1. The standard InChI is InChI=1S/C12H24N4/c1-4-10(3)6-12(15-13)7-11-8-14-16(5-2)9-11/h8-10,12,15H,4-7,13H2,1-3H3. The molecule has 4 nitrogen and oxygen atoms in total. The maximum absolute atomic E-state index is 5.59. The second-order valence-corrected chi connectivity index (χ2v) is 4.52. The normalized spacial score (nSPS) is 15.0. The molecule has 0 aliphatic rings. The third-order valence-corrected chi connectivity index (χ3v) is 3.11. The maximum Gasteiger partial charge on any atom is 0.0522 e. The van der Waals surface area contributed by atoms with E-state index in [0.717, 1.165) is 19.4 Å². The van der Waals surface area contributed by atoms with Crippen molar-refractivity contribution in [2.75, 3.05) is 0 Å². The summed E-state index contributed by atoms with van der Waals surface area (Å²) in [6.45, 7) is 7.49. The summed E-state index contributed by atoms with van der Waals surface area (Å²) in [5.41, 5.74) is 4.16. The van der Waals surface area contributed by atoms with E-state index in [4.69, 9.17) is 5.84 Å². The summed E-state index contributed by atoms with van der Waals surface area (Å²) in [6.07, 6.45) is 7.31. The zero-order chi connectivity index (χ0) is 12.0. The van der Waals surface area contributed by atoms with Gasteiger partial charge in [0.25, 0.3) is 0 Å². The second-order valence-electron chi connectivity index (χ2n) is 4.52. The van der Waals surface area contributed by atoms with Gasteiger partial charge in [-0.1, -0.05) is 20.3 Å². The highest BCUT2D eigenvalue weighted by Crippen LogP contribution is 2.13. The fourth-order valence-electron chi connectivity index (χ4n) is 1.83. The Morgan fingerprint density at radius 3 is 2.75 bits per heavy atom. The molecule has 16 heavy (non-hydrogen) atoms. The first-order valence-electron chi connectivity index (χ1n) is 6.17. The fraction of sp³-hybridized carbons (Fsp3) is 0.750. The molecule has 0 radical (unpaired) electrons. The topological polar surface area (TPSA) is 55.9 Å². The fourth-order valence-corrected chi connectivity index (χ4v) is 1.83. The van der Waals surface area contributed by atoms with Gasteiger partial charge in [0, 0.05) is 18.8 Å². The number of nitrogens with zero attached hydrogens (tertiary/aromatic N) is 2. The first kappa shape index (κ1) is 13.2. The van der Waals surface area contributed by atoms with E-state index in [0.29, 0.717) is 12.0 Å². The Morgan fingerprint density at radius 1 is 1.50 bits per heavy atom. The van der Waals surface area contributed by atoms with Gasteiger partial charge in [0.2, 0.25) is 0 Å². The average molecular weight is 224 g/mol. The van der Waals surface area contributed by atoms with Crippen LogP contribution in [-0.4, -0.2) is 15.8 Å². The molecule has 0 aromatic carbocycles. The summed E-state index contributed by atoms with van der Waals surface area (Å²) in [7, 11) is 0. The SMILES string of the molecule is CCC(C)CC(Cc1cnn(CC)c1)NN. The molecule has 0 saturated heterocycles. The van der Waals surface area contributed by atoms with Crippen LogP contribution >= 0.6 is 0 Å². The van der Waals surface area contributed by atoms with E-state index in [-0.39, 0.29) is 0 Å². The van der Waals surface area contributed by atoms with Crippen LogP contribution in [0.1, 0.15) is 39.2 Å². The molecule has 2 atom stereocenters. The van der Waals surface area contributed by atoms with Gasteiger partial charge in [0.1, 0.15) is 0 Å². The minimum Gasteiger partial charge on any atom is -0.273 e. The van der Waals surface area contributed by atoms with E-state index in [1.54, 1.807) is 0 Å². The third kappa shape index (κ3) is 3.94. The highest BCUT2D eigenvalue weighted by Gasteiger charge is 2.12. The van der Waals surface area contributed by atoms with Gasteiger partial charge in [0.05, 0.1) is 6.20 Å². The summed E-state index contributed by atoms with van der Waals surface area (Å²) < 4.78 is 1.95. The van der Waals surface area contributed by atoms with E-state index < -0.39 is 0 Å². The van der Waals surface area contributed by atoms with Gasteiger partial charge in [-0.15, -0.1) is 0 Å². The minimum atomic E-state index is 0.351. The zero-order valence-electron chi connectivity index (χ0n) is 10.6. The van der Waals surface area contributed by atoms with Crippen molar-refractivity contribution in [1.82, 2.24) is 15.2 Å². The van der Waals surface area contributed by atoms with Crippen LogP contribution in [0.3, 0.4) is 0 Å². The van der Waals surface area contributed by atoms with Gasteiger partial charge >= 0.3 is 0 Å². The van der Waals surface area contributed by atoms with Crippen molar-refractivity contribution in [3.05, 3.63) is 18.0 Å². The lowest BCUT2D eigenvalue weighted by Crippen LogP contribution is -2.37. The quantitative estimate of drug-likeness (QED) is 0.547. The number of rotatable bonds is 7. The smallest absolute Gasteiger partial charge is 0.0522 e. The number of hydrogen-bond donors (Lipinski definition) is 2. The lowest BCUT2D eigenvalue weighted by Gasteiger charge is -2.18. The van der Waals surface area contributed by atoms with Gasteiger partial charge in [-0.3, -0.25) is 16.0 Å². The largest absolute Gasteiger partial charge is 0.273 e. The van der Waals surface area contributed by atoms with Crippen LogP contribution in [0.25, 0.3) is 0 Å². The Kier molecular flexibility index (Phi) is 5.49. The molecule has 0 fully saturated rings. The molecule has 0 aliphatic heterocycles. The van der Waals surface area contributed by atoms with Crippen molar-refractivity contribution in [1.29, 1.82) is 0 Å². The van der Waals surface area contributed by atoms with Crippen molar-refractivity contribution in [2.45, 2.75) is 52.6 Å². The number of nitrogens with two attached hydrogens (primary N) is 1. The molecule has 92 valence electrons. The van der Waals surface area contributed by atoms with E-state index in [1.807, 2.05) is 10.9 Å². The Hall–Kier alpha value is -0.870. The maximum atomic E-state index is 5.59. The lowest BCUT2D eigenvalue weighted by atomic mass is 9.96. The van der Waals surface area contributed by atoms with Crippen LogP contribution in [0, 0.1) is 5.92 Å². The molecule has 1 aromatic rings. The number of aromatic nitrogens is 2. The van der Waals surface area contributed by atoms with E-state index >= 15 is 0 Å². The number of aryl methyl sites for hydroxylation is 1. The molecule has 2 unspecified atom stereocenters. The van der Waals surface area contributed by atoms with Crippen molar-refractivity contribution in [3.63, 3.8) is 0 Å². The molecular weight excluding hydrogens is 200 g/mol. The summed E-state index contributed by atoms with van der Waals surface area (Å²) in [5, 5.41) is 4.27. The first-order valence-corrected chi connectivity index (χ1v) is 6.17. The van der Waals surface area contributed by atoms with Gasteiger partial charge in [-0.05, 0) is 31.2 Å². The monoisotopic (exact) mass is 224 g/mol. The highest BCUT2D eigenvalue weighted by molar-refractivity contribution is 5.06. The second kappa shape index (κ2) is 6.66. The van der Waals surface area contributed by atoms with Gasteiger partial charge in [-0.2, -0.15) is 5.10 Å². The Labute approximate surface area is 98.2 Å². The van der Waals surface area contributed by atoms with Gasteiger partial charge in [-0.25, -0.2) is 0 Å². The van der Waals surface area contributed by atoms with Crippen molar-refractivity contribution < 1.29 is 0 Å². The predicted octanol–water partition coefficient (Wildman–Crippen LogP) is 1.71. The summed E-state index contributed by atoms with van der Waals surface area (Å²) in [5.74, 6) is 6.30. The third-order valence-electron chi connectivity index (χ3n) is 3.11. The van der Waals surface area contributed by atoms with Gasteiger partial charge in [0.15, 0.2) is 0 Å². The summed E-state index contributed by atoms with van der Waals surface area (Å²) in [6, 6.07) is 0.351. The molecule has 0 saturated carbocycles. The lowest BCUT2D eigenvalue weighted by molar-refractivity contribution is 0.396. The van der Waals surface area contributed by atoms with Crippen LogP contribution in [0.5, 0.6) is 0 Å². The van der Waals surface area contributed by atoms with Crippen molar-refractivity contribution in [3.8, 4) is 0 Å². The van der Waals surface area contributed by atoms with Crippen LogP contribution in [-0.2, 0) is 13.0 Å². The molecule has 3 N–H and O–H groups in total. The minimum absolute atomic E-state index is 0.351. The number of hydrogen-bond acceptors (Lipinski definition) is 3. The van der Waals surface area contributed by atoms with Crippen LogP contribution < -0.4 is 11.3 Å². The Bertz CT molecular complexity index is 295. The molecule has 1 rings (SSSR count).